The van der Waals surface area contributed by atoms with Crippen molar-refractivity contribution in [2.45, 2.75) is 25.4 Å². The van der Waals surface area contributed by atoms with E-state index in [4.69, 9.17) is 0 Å². The summed E-state index contributed by atoms with van der Waals surface area (Å²) in [5.41, 5.74) is 2.46. The molecule has 1 saturated heterocycles. The minimum absolute atomic E-state index is 0.103. The average molecular weight is 325 g/mol. The van der Waals surface area contributed by atoms with Gasteiger partial charge in [0.15, 0.2) is 0 Å². The van der Waals surface area contributed by atoms with E-state index in [0.717, 1.165) is 43.9 Å². The highest BCUT2D eigenvalue weighted by atomic mass is 16.6. The second kappa shape index (κ2) is 5.87. The molecule has 2 bridgehead atoms. The average Bonchev–Trinajstić information content (AvgIpc) is 2.56. The van der Waals surface area contributed by atoms with Crippen molar-refractivity contribution < 1.29 is 4.92 Å². The number of rotatable bonds is 3. The highest BCUT2D eigenvalue weighted by Gasteiger charge is 2.34. The maximum atomic E-state index is 12.0. The number of benzene rings is 1. The van der Waals surface area contributed by atoms with Gasteiger partial charge in [0.05, 0.1) is 4.92 Å². The van der Waals surface area contributed by atoms with Crippen LogP contribution in [0, 0.1) is 16.0 Å². The van der Waals surface area contributed by atoms with E-state index >= 15 is 0 Å². The lowest BCUT2D eigenvalue weighted by Gasteiger charge is -2.42. The van der Waals surface area contributed by atoms with Crippen LogP contribution in [0.3, 0.4) is 0 Å². The summed E-state index contributed by atoms with van der Waals surface area (Å²) in [5, 5.41) is 10.7. The number of pyridine rings is 1. The second-order valence-electron chi connectivity index (χ2n) is 6.82. The molecule has 0 N–H and O–H groups in total. The van der Waals surface area contributed by atoms with Crippen LogP contribution in [0.5, 0.6) is 0 Å². The van der Waals surface area contributed by atoms with Crippen molar-refractivity contribution >= 4 is 5.69 Å². The molecule has 0 saturated carbocycles. The maximum Gasteiger partial charge on any atom is 0.269 e. The first kappa shape index (κ1) is 15.1. The zero-order chi connectivity index (χ0) is 16.7. The molecule has 24 heavy (non-hydrogen) atoms. The molecule has 0 spiro atoms. The normalized spacial score (nSPS) is 22.8. The fraction of sp³-hybridized carbons (Fsp3) is 0.389. The first-order chi connectivity index (χ1) is 11.6. The molecule has 4 rings (SSSR count). The zero-order valence-corrected chi connectivity index (χ0v) is 13.3. The number of likely N-dealkylation sites (tertiary alicyclic amines) is 1. The van der Waals surface area contributed by atoms with Crippen molar-refractivity contribution in [3.05, 3.63) is 74.2 Å². The Kier molecular flexibility index (Phi) is 3.69. The van der Waals surface area contributed by atoms with Crippen LogP contribution in [0.15, 0.2) is 47.3 Å². The van der Waals surface area contributed by atoms with Crippen LogP contribution in [-0.4, -0.2) is 27.5 Å². The third-order valence-electron chi connectivity index (χ3n) is 5.11. The molecule has 2 aliphatic heterocycles. The van der Waals surface area contributed by atoms with Crippen LogP contribution in [0.4, 0.5) is 5.69 Å². The van der Waals surface area contributed by atoms with Crippen molar-refractivity contribution in [2.75, 3.05) is 13.1 Å². The van der Waals surface area contributed by atoms with Crippen LogP contribution in [0.1, 0.15) is 23.6 Å². The Morgan fingerprint density at radius 3 is 2.62 bits per heavy atom. The van der Waals surface area contributed by atoms with Crippen molar-refractivity contribution in [1.82, 2.24) is 9.47 Å². The van der Waals surface area contributed by atoms with Gasteiger partial charge in [-0.2, -0.15) is 0 Å². The van der Waals surface area contributed by atoms with Gasteiger partial charge in [0.1, 0.15) is 0 Å². The van der Waals surface area contributed by atoms with Crippen molar-refractivity contribution in [3.63, 3.8) is 0 Å². The largest absolute Gasteiger partial charge is 0.312 e. The summed E-state index contributed by atoms with van der Waals surface area (Å²) in [7, 11) is 0. The Labute approximate surface area is 139 Å². The highest BCUT2D eigenvalue weighted by Crippen LogP contribution is 2.35. The Balaban J connectivity index is 1.52. The first-order valence-electron chi connectivity index (χ1n) is 8.25. The molecule has 0 amide bonds. The third-order valence-corrected chi connectivity index (χ3v) is 5.11. The number of nitro groups is 1. The van der Waals surface area contributed by atoms with E-state index in [1.807, 2.05) is 22.8 Å². The lowest BCUT2D eigenvalue weighted by atomic mass is 9.83. The first-order valence-corrected chi connectivity index (χ1v) is 8.25. The van der Waals surface area contributed by atoms with E-state index in [1.165, 1.54) is 0 Å². The number of piperidine rings is 1. The van der Waals surface area contributed by atoms with Gasteiger partial charge in [0.25, 0.3) is 11.2 Å². The molecule has 2 aromatic rings. The molecule has 0 radical (unpaired) electrons. The topological polar surface area (TPSA) is 68.4 Å². The van der Waals surface area contributed by atoms with Gasteiger partial charge >= 0.3 is 0 Å². The van der Waals surface area contributed by atoms with Crippen molar-refractivity contribution in [1.29, 1.82) is 0 Å². The SMILES string of the molecule is O=c1cccc2n1C[C@@H]1C[C@H]2CN(Cc2ccc([N+](=O)[O-])cc2)C1. The van der Waals surface area contributed by atoms with Gasteiger partial charge in [-0.05, 0) is 24.0 Å². The summed E-state index contributed by atoms with van der Waals surface area (Å²) < 4.78 is 1.93. The molecule has 2 atom stereocenters. The number of nitro benzene ring substituents is 1. The standard InChI is InChI=1S/C18H19N3O3/c22-18-3-1-2-17-15-8-14(11-20(17)18)10-19(12-15)9-13-4-6-16(7-5-13)21(23)24/h1-7,14-15H,8-12H2/t14-,15+/m1/s1. The summed E-state index contributed by atoms with van der Waals surface area (Å²) in [4.78, 5) is 24.8. The van der Waals surface area contributed by atoms with Crippen LogP contribution < -0.4 is 5.56 Å². The number of aromatic nitrogens is 1. The van der Waals surface area contributed by atoms with Crippen molar-refractivity contribution in [3.8, 4) is 0 Å². The number of fused-ring (bicyclic) bond motifs is 4. The lowest BCUT2D eigenvalue weighted by molar-refractivity contribution is -0.384. The molecule has 0 aliphatic carbocycles. The molecule has 1 aromatic carbocycles. The van der Waals surface area contributed by atoms with Gasteiger partial charge in [0.2, 0.25) is 0 Å². The minimum Gasteiger partial charge on any atom is -0.312 e. The Morgan fingerprint density at radius 1 is 1.08 bits per heavy atom. The Bertz CT molecular complexity index is 828. The summed E-state index contributed by atoms with van der Waals surface area (Å²) in [6, 6.07) is 12.4. The van der Waals surface area contributed by atoms with E-state index in [9.17, 15) is 14.9 Å². The quantitative estimate of drug-likeness (QED) is 0.642. The Hall–Kier alpha value is -2.47. The van der Waals surface area contributed by atoms with E-state index in [2.05, 4.69) is 11.0 Å². The summed E-state index contributed by atoms with van der Waals surface area (Å²) in [5.74, 6) is 0.888. The number of non-ortho nitro benzene ring substituents is 1. The lowest BCUT2D eigenvalue weighted by Crippen LogP contribution is -2.46. The zero-order valence-electron chi connectivity index (χ0n) is 13.3. The molecule has 2 aliphatic rings. The summed E-state index contributed by atoms with van der Waals surface area (Å²) >= 11 is 0. The number of hydrogen-bond donors (Lipinski definition) is 0. The molecule has 3 heterocycles. The van der Waals surface area contributed by atoms with Gasteiger partial charge < -0.3 is 4.57 Å². The third kappa shape index (κ3) is 2.73. The fourth-order valence-electron chi connectivity index (χ4n) is 4.11. The predicted molar refractivity (Wildman–Crippen MR) is 89.9 cm³/mol. The molecule has 6 nitrogen and oxygen atoms in total. The van der Waals surface area contributed by atoms with Crippen LogP contribution in [0.25, 0.3) is 0 Å². The second-order valence-corrected chi connectivity index (χ2v) is 6.82. The summed E-state index contributed by atoms with van der Waals surface area (Å²) in [6.45, 7) is 3.48. The van der Waals surface area contributed by atoms with Gasteiger partial charge in [-0.1, -0.05) is 18.2 Å². The fourth-order valence-corrected chi connectivity index (χ4v) is 4.11. The summed E-state index contributed by atoms with van der Waals surface area (Å²) in [6.07, 6.45) is 1.14. The smallest absolute Gasteiger partial charge is 0.269 e. The van der Waals surface area contributed by atoms with Crippen LogP contribution in [-0.2, 0) is 13.1 Å². The van der Waals surface area contributed by atoms with E-state index in [1.54, 1.807) is 18.2 Å². The molecule has 1 fully saturated rings. The minimum atomic E-state index is -0.371. The van der Waals surface area contributed by atoms with Gasteiger partial charge in [-0.3, -0.25) is 19.8 Å². The molecule has 124 valence electrons. The van der Waals surface area contributed by atoms with E-state index < -0.39 is 0 Å². The highest BCUT2D eigenvalue weighted by molar-refractivity contribution is 5.33. The Morgan fingerprint density at radius 2 is 1.88 bits per heavy atom. The molecule has 0 unspecified atom stereocenters. The number of hydrogen-bond acceptors (Lipinski definition) is 4. The number of nitrogens with zero attached hydrogens (tertiary/aromatic N) is 3. The van der Waals surface area contributed by atoms with Crippen LogP contribution >= 0.6 is 0 Å². The maximum absolute atomic E-state index is 12.0. The van der Waals surface area contributed by atoms with Crippen LogP contribution in [0.2, 0.25) is 0 Å². The van der Waals surface area contributed by atoms with E-state index in [0.29, 0.717) is 11.8 Å². The molecular weight excluding hydrogens is 306 g/mol. The molecular formula is C18H19N3O3. The van der Waals surface area contributed by atoms with Crippen molar-refractivity contribution in [2.24, 2.45) is 5.92 Å². The predicted octanol–water partition coefficient (Wildman–Crippen LogP) is 2.38. The molecule has 1 aromatic heterocycles. The monoisotopic (exact) mass is 325 g/mol. The van der Waals surface area contributed by atoms with Gasteiger partial charge in [-0.15, -0.1) is 0 Å². The van der Waals surface area contributed by atoms with Gasteiger partial charge in [0, 0.05) is 56.0 Å². The molecule has 6 heteroatoms. The van der Waals surface area contributed by atoms with Gasteiger partial charge in [-0.25, -0.2) is 0 Å². The van der Waals surface area contributed by atoms with E-state index in [-0.39, 0.29) is 16.2 Å².